The summed E-state index contributed by atoms with van der Waals surface area (Å²) in [5.74, 6) is 1.25. The van der Waals surface area contributed by atoms with E-state index in [1.165, 1.54) is 11.4 Å². The van der Waals surface area contributed by atoms with Gasteiger partial charge in [0.05, 0.1) is 30.9 Å². The fourth-order valence-electron chi connectivity index (χ4n) is 3.74. The van der Waals surface area contributed by atoms with Crippen molar-refractivity contribution in [3.63, 3.8) is 0 Å². The number of methoxy groups -OCH3 is 1. The summed E-state index contributed by atoms with van der Waals surface area (Å²) in [6.45, 7) is 5.65. The Hall–Kier alpha value is -2.73. The molecule has 0 atom stereocenters. The third kappa shape index (κ3) is 8.67. The first-order valence-electron chi connectivity index (χ1n) is 12.1. The standard InChI is InChI=1S/C26H41N5O5S/c1-20-16-23(35-8)17-21(2)26(20)37(33,34)31(7)14-15-36-19-25(32)30(6)18-22-10-9-11-24(27-22)29(5)13-12-28(3)4/h9-11,16-17H,12-15,18-19H2,1-8H3. The Morgan fingerprint density at radius 2 is 1.62 bits per heavy atom. The van der Waals surface area contributed by atoms with Crippen LogP contribution in [0.1, 0.15) is 16.8 Å². The molecule has 0 N–H and O–H groups in total. The Labute approximate surface area is 221 Å². The average molecular weight is 536 g/mol. The number of hydrogen-bond acceptors (Lipinski definition) is 8. The molecule has 11 heteroatoms. The Kier molecular flexibility index (Phi) is 11.3. The molecule has 0 saturated carbocycles. The summed E-state index contributed by atoms with van der Waals surface area (Å²) in [5.41, 5.74) is 2.01. The van der Waals surface area contributed by atoms with Gasteiger partial charge in [0.1, 0.15) is 18.2 Å². The quantitative estimate of drug-likeness (QED) is 0.339. The second-order valence-corrected chi connectivity index (χ2v) is 11.4. The number of aromatic nitrogens is 1. The van der Waals surface area contributed by atoms with Gasteiger partial charge in [-0.3, -0.25) is 4.79 Å². The van der Waals surface area contributed by atoms with Crippen LogP contribution in [0.2, 0.25) is 0 Å². The van der Waals surface area contributed by atoms with E-state index < -0.39 is 10.0 Å². The topological polar surface area (TPSA) is 95.5 Å². The van der Waals surface area contributed by atoms with E-state index in [1.807, 2.05) is 39.3 Å². The summed E-state index contributed by atoms with van der Waals surface area (Å²) in [6, 6.07) is 9.16. The van der Waals surface area contributed by atoms with Crippen molar-refractivity contribution < 1.29 is 22.7 Å². The molecule has 0 unspecified atom stereocenters. The molecular weight excluding hydrogens is 494 g/mol. The van der Waals surface area contributed by atoms with E-state index in [0.717, 1.165) is 24.6 Å². The summed E-state index contributed by atoms with van der Waals surface area (Å²) in [5, 5.41) is 0. The molecule has 0 spiro atoms. The average Bonchev–Trinajstić information content (AvgIpc) is 2.84. The zero-order valence-electron chi connectivity index (χ0n) is 23.3. The highest BCUT2D eigenvalue weighted by Gasteiger charge is 2.25. The third-order valence-corrected chi connectivity index (χ3v) is 8.17. The van der Waals surface area contributed by atoms with E-state index in [4.69, 9.17) is 9.47 Å². The number of sulfonamides is 1. The molecule has 1 aromatic carbocycles. The van der Waals surface area contributed by atoms with Crippen LogP contribution in [0.15, 0.2) is 35.2 Å². The molecule has 206 valence electrons. The molecule has 1 aromatic heterocycles. The number of carbonyl (C=O) groups excluding carboxylic acids is 1. The number of benzene rings is 1. The minimum atomic E-state index is -3.72. The summed E-state index contributed by atoms with van der Waals surface area (Å²) >= 11 is 0. The molecule has 2 rings (SSSR count). The summed E-state index contributed by atoms with van der Waals surface area (Å²) < 4.78 is 38.2. The van der Waals surface area contributed by atoms with Crippen molar-refractivity contribution in [3.05, 3.63) is 47.2 Å². The summed E-state index contributed by atoms with van der Waals surface area (Å²) in [6.07, 6.45) is 0. The molecule has 0 aliphatic heterocycles. The van der Waals surface area contributed by atoms with Crippen molar-refractivity contribution >= 4 is 21.7 Å². The van der Waals surface area contributed by atoms with E-state index in [0.29, 0.717) is 23.4 Å². The van der Waals surface area contributed by atoms with Crippen molar-refractivity contribution in [1.82, 2.24) is 19.1 Å². The zero-order valence-corrected chi connectivity index (χ0v) is 24.1. The number of carbonyl (C=O) groups is 1. The predicted octanol–water partition coefficient (Wildman–Crippen LogP) is 2.00. The van der Waals surface area contributed by atoms with Gasteiger partial charge in [-0.05, 0) is 63.3 Å². The fraction of sp³-hybridized carbons (Fsp3) is 0.538. The van der Waals surface area contributed by atoms with Gasteiger partial charge >= 0.3 is 0 Å². The number of ether oxygens (including phenoxy) is 2. The number of hydrogen-bond donors (Lipinski definition) is 0. The van der Waals surface area contributed by atoms with Gasteiger partial charge in [0, 0.05) is 40.8 Å². The van der Waals surface area contributed by atoms with Crippen molar-refractivity contribution in [2.24, 2.45) is 0 Å². The minimum Gasteiger partial charge on any atom is -0.497 e. The first-order valence-corrected chi connectivity index (χ1v) is 13.6. The molecule has 0 bridgehead atoms. The summed E-state index contributed by atoms with van der Waals surface area (Å²) in [4.78, 5) is 23.2. The van der Waals surface area contributed by atoms with Crippen molar-refractivity contribution in [2.45, 2.75) is 25.3 Å². The van der Waals surface area contributed by atoms with E-state index in [2.05, 4.69) is 14.8 Å². The monoisotopic (exact) mass is 535 g/mol. The normalized spacial score (nSPS) is 11.7. The van der Waals surface area contributed by atoms with Crippen LogP contribution in [0.4, 0.5) is 5.82 Å². The Morgan fingerprint density at radius 1 is 0.973 bits per heavy atom. The number of nitrogens with zero attached hydrogens (tertiary/aromatic N) is 5. The van der Waals surface area contributed by atoms with Gasteiger partial charge in [0.25, 0.3) is 0 Å². The highest BCUT2D eigenvalue weighted by Crippen LogP contribution is 2.27. The highest BCUT2D eigenvalue weighted by molar-refractivity contribution is 7.89. The zero-order chi connectivity index (χ0) is 27.8. The molecular formula is C26H41N5O5S. The van der Waals surface area contributed by atoms with E-state index in [9.17, 15) is 13.2 Å². The highest BCUT2D eigenvalue weighted by atomic mass is 32.2. The minimum absolute atomic E-state index is 0.0912. The van der Waals surface area contributed by atoms with Gasteiger partial charge in [0.2, 0.25) is 15.9 Å². The third-order valence-electron chi connectivity index (χ3n) is 6.00. The Bertz CT molecular complexity index is 1130. The van der Waals surface area contributed by atoms with Gasteiger partial charge in [-0.1, -0.05) is 6.07 Å². The second kappa shape index (κ2) is 13.7. The van der Waals surface area contributed by atoms with Crippen LogP contribution in [0.3, 0.4) is 0 Å². The lowest BCUT2D eigenvalue weighted by atomic mass is 10.1. The number of rotatable bonds is 14. The number of aryl methyl sites for hydroxylation is 2. The van der Waals surface area contributed by atoms with Crippen LogP contribution >= 0.6 is 0 Å². The molecule has 0 saturated heterocycles. The molecule has 1 heterocycles. The van der Waals surface area contributed by atoms with Crippen molar-refractivity contribution in [2.75, 3.05) is 80.1 Å². The molecule has 37 heavy (non-hydrogen) atoms. The summed E-state index contributed by atoms with van der Waals surface area (Å²) in [7, 11) is 7.08. The number of anilines is 1. The lowest BCUT2D eigenvalue weighted by Crippen LogP contribution is -2.34. The van der Waals surface area contributed by atoms with Crippen LogP contribution in [0.25, 0.3) is 0 Å². The first kappa shape index (κ1) is 30.5. The van der Waals surface area contributed by atoms with Crippen LogP contribution in [-0.4, -0.2) is 109 Å². The number of amides is 1. The maximum absolute atomic E-state index is 13.1. The van der Waals surface area contributed by atoms with Gasteiger partial charge in [-0.2, -0.15) is 4.31 Å². The van der Waals surface area contributed by atoms with E-state index in [-0.39, 0.29) is 30.6 Å². The van der Waals surface area contributed by atoms with E-state index >= 15 is 0 Å². The van der Waals surface area contributed by atoms with Crippen LogP contribution in [0.5, 0.6) is 5.75 Å². The largest absolute Gasteiger partial charge is 0.497 e. The first-order chi connectivity index (χ1) is 17.4. The Balaban J connectivity index is 1.87. The number of likely N-dealkylation sites (N-methyl/N-ethyl adjacent to an activating group) is 4. The Morgan fingerprint density at radius 3 is 2.22 bits per heavy atom. The smallest absolute Gasteiger partial charge is 0.248 e. The van der Waals surface area contributed by atoms with Crippen molar-refractivity contribution in [3.8, 4) is 5.75 Å². The molecule has 1 amide bonds. The molecule has 0 aliphatic carbocycles. The molecule has 2 aromatic rings. The van der Waals surface area contributed by atoms with Crippen molar-refractivity contribution in [1.29, 1.82) is 0 Å². The second-order valence-electron chi connectivity index (χ2n) is 9.43. The molecule has 0 radical (unpaired) electrons. The van der Waals surface area contributed by atoms with Crippen LogP contribution in [0, 0.1) is 13.8 Å². The predicted molar refractivity (Wildman–Crippen MR) is 146 cm³/mol. The number of pyridine rings is 1. The van der Waals surface area contributed by atoms with Gasteiger partial charge in [-0.15, -0.1) is 0 Å². The SMILES string of the molecule is COc1cc(C)c(S(=O)(=O)N(C)CCOCC(=O)N(C)Cc2cccc(N(C)CCN(C)C)n2)c(C)c1. The fourth-order valence-corrected chi connectivity index (χ4v) is 5.30. The molecule has 0 aliphatic rings. The molecule has 10 nitrogen and oxygen atoms in total. The van der Waals surface area contributed by atoms with Gasteiger partial charge in [-0.25, -0.2) is 13.4 Å². The lowest BCUT2D eigenvalue weighted by molar-refractivity contribution is -0.135. The van der Waals surface area contributed by atoms with Crippen LogP contribution in [-0.2, 0) is 26.1 Å². The lowest BCUT2D eigenvalue weighted by Gasteiger charge is -2.22. The maximum Gasteiger partial charge on any atom is 0.248 e. The van der Waals surface area contributed by atoms with Crippen LogP contribution < -0.4 is 9.64 Å². The molecule has 0 fully saturated rings. The van der Waals surface area contributed by atoms with E-state index in [1.54, 1.807) is 45.0 Å². The van der Waals surface area contributed by atoms with Gasteiger partial charge in [0.15, 0.2) is 0 Å². The van der Waals surface area contributed by atoms with Gasteiger partial charge < -0.3 is 24.2 Å². The maximum atomic E-state index is 13.1.